The molecule has 0 fully saturated rings. The maximum atomic E-state index is 12.3. The van der Waals surface area contributed by atoms with Crippen LogP contribution in [0.1, 0.15) is 12.5 Å². The van der Waals surface area contributed by atoms with Crippen LogP contribution in [0, 0.1) is 6.92 Å². The smallest absolute Gasteiger partial charge is 0.294 e. The summed E-state index contributed by atoms with van der Waals surface area (Å²) in [4.78, 5) is 23.7. The molecular formula is C17H16ClN3O5S. The first kappa shape index (κ1) is 20.7. The summed E-state index contributed by atoms with van der Waals surface area (Å²) >= 11 is 6.04. The third kappa shape index (κ3) is 5.68. The Morgan fingerprint density at radius 1 is 1.15 bits per heavy atom. The fraction of sp³-hybridized carbons (Fsp3) is 0.176. The minimum absolute atomic E-state index is 0.224. The molecule has 0 aliphatic heterocycles. The van der Waals surface area contributed by atoms with Crippen LogP contribution < -0.4 is 5.32 Å². The number of hydrogen-bond acceptors (Lipinski definition) is 6. The Labute approximate surface area is 161 Å². The number of halogens is 1. The van der Waals surface area contributed by atoms with Crippen LogP contribution in [0.15, 0.2) is 57.6 Å². The zero-order chi connectivity index (χ0) is 20.2. The molecule has 2 N–H and O–H groups in total. The van der Waals surface area contributed by atoms with Gasteiger partial charge in [-0.2, -0.15) is 18.6 Å². The highest BCUT2D eigenvalue weighted by Gasteiger charge is 2.23. The molecule has 0 heterocycles. The molecule has 1 unspecified atom stereocenters. The van der Waals surface area contributed by atoms with E-state index in [1.165, 1.54) is 19.1 Å². The number of nitrogens with one attached hydrogen (secondary N) is 1. The summed E-state index contributed by atoms with van der Waals surface area (Å²) in [6.45, 7) is 3.05. The molecule has 0 bridgehead atoms. The van der Waals surface area contributed by atoms with Crippen LogP contribution in [0.25, 0.3) is 0 Å². The molecule has 142 valence electrons. The fourth-order valence-electron chi connectivity index (χ4n) is 2.05. The van der Waals surface area contributed by atoms with E-state index in [2.05, 4.69) is 15.5 Å². The first-order valence-electron chi connectivity index (χ1n) is 7.64. The summed E-state index contributed by atoms with van der Waals surface area (Å²) in [7, 11) is -4.34. The average Bonchev–Trinajstić information content (AvgIpc) is 2.56. The minimum atomic E-state index is -4.34. The lowest BCUT2D eigenvalue weighted by Crippen LogP contribution is -2.31. The van der Waals surface area contributed by atoms with Crippen molar-refractivity contribution in [1.29, 1.82) is 0 Å². The first-order valence-corrected chi connectivity index (χ1v) is 9.45. The van der Waals surface area contributed by atoms with Gasteiger partial charge < -0.3 is 5.32 Å². The Balaban J connectivity index is 2.17. The molecule has 2 rings (SSSR count). The van der Waals surface area contributed by atoms with Gasteiger partial charge in [-0.05, 0) is 55.8 Å². The zero-order valence-electron chi connectivity index (χ0n) is 14.4. The quantitative estimate of drug-likeness (QED) is 0.428. The van der Waals surface area contributed by atoms with Gasteiger partial charge in [-0.15, -0.1) is 0 Å². The van der Waals surface area contributed by atoms with Gasteiger partial charge in [0.1, 0.15) is 5.69 Å². The van der Waals surface area contributed by atoms with Crippen molar-refractivity contribution in [3.63, 3.8) is 0 Å². The van der Waals surface area contributed by atoms with E-state index in [4.69, 9.17) is 16.2 Å². The molecular weight excluding hydrogens is 394 g/mol. The summed E-state index contributed by atoms with van der Waals surface area (Å²) < 4.78 is 31.0. The predicted octanol–water partition coefficient (Wildman–Crippen LogP) is 3.58. The van der Waals surface area contributed by atoms with E-state index in [1.54, 1.807) is 18.2 Å². The average molecular weight is 410 g/mol. The minimum Gasteiger partial charge on any atom is -0.324 e. The Hall–Kier alpha value is -2.62. The molecule has 0 aromatic heterocycles. The number of carbonyl (C=O) groups is 2. The van der Waals surface area contributed by atoms with Crippen LogP contribution in [-0.4, -0.2) is 30.7 Å². The Bertz CT molecular complexity index is 1000. The third-order valence-corrected chi connectivity index (χ3v) is 4.61. The predicted molar refractivity (Wildman–Crippen MR) is 100 cm³/mol. The number of amides is 1. The van der Waals surface area contributed by atoms with E-state index in [9.17, 15) is 18.0 Å². The van der Waals surface area contributed by atoms with Crippen LogP contribution in [0.4, 0.5) is 11.4 Å². The lowest BCUT2D eigenvalue weighted by molar-refractivity contribution is -0.126. The SMILES string of the molecule is CC(=O)C(N=Nc1ccc(C)cc1Cl)C(=O)Nc1ccc(S(=O)(=O)O)cc1. The second kappa shape index (κ2) is 8.38. The van der Waals surface area contributed by atoms with Crippen LogP contribution in [0.2, 0.25) is 5.02 Å². The van der Waals surface area contributed by atoms with E-state index in [0.717, 1.165) is 17.7 Å². The number of nitrogens with zero attached hydrogens (tertiary/aromatic N) is 2. The van der Waals surface area contributed by atoms with Crippen molar-refractivity contribution in [2.24, 2.45) is 10.2 Å². The van der Waals surface area contributed by atoms with E-state index < -0.39 is 27.9 Å². The molecule has 1 amide bonds. The maximum absolute atomic E-state index is 12.3. The molecule has 0 saturated carbocycles. The second-order valence-electron chi connectivity index (χ2n) is 5.67. The van der Waals surface area contributed by atoms with Gasteiger partial charge in [0.05, 0.1) is 9.92 Å². The molecule has 27 heavy (non-hydrogen) atoms. The number of rotatable bonds is 6. The summed E-state index contributed by atoms with van der Waals surface area (Å²) in [5.41, 5.74) is 1.47. The van der Waals surface area contributed by atoms with Gasteiger partial charge in [-0.25, -0.2) is 0 Å². The topological polar surface area (TPSA) is 125 Å². The number of ketones is 1. The Morgan fingerprint density at radius 3 is 2.30 bits per heavy atom. The lowest BCUT2D eigenvalue weighted by atomic mass is 10.2. The summed E-state index contributed by atoms with van der Waals surface area (Å²) in [6, 6.07) is 8.42. The summed E-state index contributed by atoms with van der Waals surface area (Å²) in [6.07, 6.45) is 0. The molecule has 10 heteroatoms. The van der Waals surface area contributed by atoms with Gasteiger partial charge >= 0.3 is 0 Å². The first-order chi connectivity index (χ1) is 12.6. The van der Waals surface area contributed by atoms with Crippen LogP contribution in [0.3, 0.4) is 0 Å². The maximum Gasteiger partial charge on any atom is 0.294 e. The number of azo groups is 1. The van der Waals surface area contributed by atoms with Gasteiger partial charge in [-0.1, -0.05) is 17.7 Å². The van der Waals surface area contributed by atoms with Crippen molar-refractivity contribution in [3.8, 4) is 0 Å². The number of anilines is 1. The normalized spacial score (nSPS) is 12.7. The molecule has 0 saturated heterocycles. The molecule has 0 spiro atoms. The van der Waals surface area contributed by atoms with Crippen LogP contribution in [0.5, 0.6) is 0 Å². The third-order valence-electron chi connectivity index (χ3n) is 3.44. The van der Waals surface area contributed by atoms with Crippen molar-refractivity contribution < 1.29 is 22.6 Å². The van der Waals surface area contributed by atoms with Crippen LogP contribution >= 0.6 is 11.6 Å². The van der Waals surface area contributed by atoms with E-state index in [-0.39, 0.29) is 10.6 Å². The summed E-state index contributed by atoms with van der Waals surface area (Å²) in [5, 5.41) is 10.4. The number of benzene rings is 2. The van der Waals surface area contributed by atoms with Crippen molar-refractivity contribution >= 4 is 44.8 Å². The number of Topliss-reactive ketones (excluding diaryl/α,β-unsaturated/α-hetero) is 1. The number of hydrogen-bond donors (Lipinski definition) is 2. The molecule has 8 nitrogen and oxygen atoms in total. The molecule has 0 aliphatic carbocycles. The standard InChI is InChI=1S/C17H16ClN3O5S/c1-10-3-8-15(14(18)9-10)20-21-16(11(2)22)17(23)19-12-4-6-13(7-5-12)27(24,25)26/h3-9,16H,1-2H3,(H,19,23)(H,24,25,26). The van der Waals surface area contributed by atoms with Gasteiger partial charge in [-0.3, -0.25) is 14.1 Å². The van der Waals surface area contributed by atoms with Crippen molar-refractivity contribution in [2.45, 2.75) is 24.8 Å². The molecule has 0 aliphatic rings. The molecule has 1 atom stereocenters. The number of carbonyl (C=O) groups excluding carboxylic acids is 2. The number of aryl methyl sites for hydroxylation is 1. The Morgan fingerprint density at radius 2 is 1.78 bits per heavy atom. The molecule has 0 radical (unpaired) electrons. The van der Waals surface area contributed by atoms with Gasteiger partial charge in [0.2, 0.25) is 6.04 Å². The van der Waals surface area contributed by atoms with Crippen molar-refractivity contribution in [3.05, 3.63) is 53.1 Å². The molecule has 2 aromatic rings. The molecule has 2 aromatic carbocycles. The lowest BCUT2D eigenvalue weighted by Gasteiger charge is -2.10. The van der Waals surface area contributed by atoms with E-state index >= 15 is 0 Å². The van der Waals surface area contributed by atoms with Crippen LogP contribution in [-0.2, 0) is 19.7 Å². The van der Waals surface area contributed by atoms with E-state index in [1.807, 2.05) is 6.92 Å². The highest BCUT2D eigenvalue weighted by Crippen LogP contribution is 2.26. The highest BCUT2D eigenvalue weighted by atomic mass is 35.5. The van der Waals surface area contributed by atoms with Gasteiger partial charge in [0, 0.05) is 5.69 Å². The zero-order valence-corrected chi connectivity index (χ0v) is 16.0. The van der Waals surface area contributed by atoms with E-state index in [0.29, 0.717) is 10.7 Å². The van der Waals surface area contributed by atoms with Crippen molar-refractivity contribution in [2.75, 3.05) is 5.32 Å². The van der Waals surface area contributed by atoms with Gasteiger partial charge in [0.15, 0.2) is 5.78 Å². The Kier molecular flexibility index (Phi) is 6.42. The largest absolute Gasteiger partial charge is 0.324 e. The van der Waals surface area contributed by atoms with Crippen molar-refractivity contribution in [1.82, 2.24) is 0 Å². The summed E-state index contributed by atoms with van der Waals surface area (Å²) in [5.74, 6) is -1.27. The fourth-order valence-corrected chi connectivity index (χ4v) is 2.81. The highest BCUT2D eigenvalue weighted by molar-refractivity contribution is 7.85. The van der Waals surface area contributed by atoms with Gasteiger partial charge in [0.25, 0.3) is 16.0 Å². The second-order valence-corrected chi connectivity index (χ2v) is 7.50. The monoisotopic (exact) mass is 409 g/mol.